The SMILES string of the molecule is COc1ccc(N(CC(=O)N(Cc2cccc(C)c2)[C@@H](C)C(=O)NC2CCCC2)S(=O)(=O)c2ccc(C)cc2)cc1. The van der Waals surface area contributed by atoms with Gasteiger partial charge in [-0.25, -0.2) is 8.42 Å². The van der Waals surface area contributed by atoms with Gasteiger partial charge in [-0.15, -0.1) is 0 Å². The minimum Gasteiger partial charge on any atom is -0.497 e. The lowest BCUT2D eigenvalue weighted by Gasteiger charge is -2.32. The van der Waals surface area contributed by atoms with Crippen LogP contribution >= 0.6 is 0 Å². The lowest BCUT2D eigenvalue weighted by Crippen LogP contribution is -2.52. The van der Waals surface area contributed by atoms with Gasteiger partial charge in [0.1, 0.15) is 18.3 Å². The molecule has 3 aromatic carbocycles. The van der Waals surface area contributed by atoms with Crippen LogP contribution in [-0.2, 0) is 26.2 Å². The Bertz CT molecular complexity index is 1450. The predicted octanol–water partition coefficient (Wildman–Crippen LogP) is 4.98. The summed E-state index contributed by atoms with van der Waals surface area (Å²) in [6.45, 7) is 5.23. The third-order valence-electron chi connectivity index (χ3n) is 7.55. The molecule has 0 heterocycles. The first-order valence-corrected chi connectivity index (χ1v) is 15.4. The Labute approximate surface area is 243 Å². The first-order chi connectivity index (χ1) is 19.6. The zero-order valence-electron chi connectivity index (χ0n) is 24.2. The first kappa shape index (κ1) is 30.1. The molecule has 9 heteroatoms. The van der Waals surface area contributed by atoms with Crippen molar-refractivity contribution in [3.05, 3.63) is 89.5 Å². The van der Waals surface area contributed by atoms with E-state index in [1.165, 1.54) is 24.1 Å². The molecule has 1 atom stereocenters. The summed E-state index contributed by atoms with van der Waals surface area (Å²) < 4.78 is 34.2. The topological polar surface area (TPSA) is 96.0 Å². The van der Waals surface area contributed by atoms with Crippen molar-refractivity contribution in [2.75, 3.05) is 18.0 Å². The van der Waals surface area contributed by atoms with Crippen molar-refractivity contribution in [3.8, 4) is 5.75 Å². The monoisotopic (exact) mass is 577 g/mol. The number of carbonyl (C=O) groups excluding carboxylic acids is 2. The maximum atomic E-state index is 14.1. The summed E-state index contributed by atoms with van der Waals surface area (Å²) in [5.41, 5.74) is 3.12. The summed E-state index contributed by atoms with van der Waals surface area (Å²) >= 11 is 0. The van der Waals surface area contributed by atoms with Crippen LogP contribution in [0.4, 0.5) is 5.69 Å². The maximum absolute atomic E-state index is 14.1. The highest BCUT2D eigenvalue weighted by atomic mass is 32.2. The van der Waals surface area contributed by atoms with E-state index >= 15 is 0 Å². The molecule has 0 aromatic heterocycles. The van der Waals surface area contributed by atoms with Crippen LogP contribution in [0.5, 0.6) is 5.75 Å². The van der Waals surface area contributed by atoms with E-state index in [4.69, 9.17) is 4.74 Å². The molecule has 0 unspecified atom stereocenters. The number of sulfonamides is 1. The molecule has 3 aromatic rings. The molecule has 1 N–H and O–H groups in total. The number of hydrogen-bond donors (Lipinski definition) is 1. The van der Waals surface area contributed by atoms with Crippen LogP contribution in [0.15, 0.2) is 77.7 Å². The molecule has 0 radical (unpaired) electrons. The number of anilines is 1. The second kappa shape index (κ2) is 13.2. The largest absolute Gasteiger partial charge is 0.497 e. The summed E-state index contributed by atoms with van der Waals surface area (Å²) in [5, 5.41) is 3.09. The number of benzene rings is 3. The fraction of sp³-hybridized carbons (Fsp3) is 0.375. The van der Waals surface area contributed by atoms with Crippen molar-refractivity contribution in [3.63, 3.8) is 0 Å². The van der Waals surface area contributed by atoms with E-state index < -0.39 is 28.5 Å². The molecule has 218 valence electrons. The van der Waals surface area contributed by atoms with Gasteiger partial charge in [0.05, 0.1) is 17.7 Å². The van der Waals surface area contributed by atoms with Crippen LogP contribution in [-0.4, -0.2) is 50.9 Å². The quantitative estimate of drug-likeness (QED) is 0.347. The van der Waals surface area contributed by atoms with E-state index in [0.29, 0.717) is 11.4 Å². The number of ether oxygens (including phenoxy) is 1. The molecule has 0 bridgehead atoms. The Kier molecular flexibility index (Phi) is 9.70. The molecule has 0 saturated heterocycles. The Morgan fingerprint density at radius 2 is 1.61 bits per heavy atom. The highest BCUT2D eigenvalue weighted by Gasteiger charge is 2.33. The molecule has 0 spiro atoms. The van der Waals surface area contributed by atoms with Gasteiger partial charge in [0.2, 0.25) is 11.8 Å². The molecule has 1 fully saturated rings. The Balaban J connectivity index is 1.69. The lowest BCUT2D eigenvalue weighted by atomic mass is 10.1. The van der Waals surface area contributed by atoms with Crippen LogP contribution in [0.2, 0.25) is 0 Å². The third-order valence-corrected chi connectivity index (χ3v) is 9.34. The molecule has 0 aliphatic heterocycles. The average Bonchev–Trinajstić information content (AvgIpc) is 3.47. The van der Waals surface area contributed by atoms with Crippen molar-refractivity contribution < 1.29 is 22.7 Å². The van der Waals surface area contributed by atoms with Gasteiger partial charge >= 0.3 is 0 Å². The molecule has 1 aliphatic carbocycles. The predicted molar refractivity (Wildman–Crippen MR) is 160 cm³/mol. The molecule has 41 heavy (non-hydrogen) atoms. The van der Waals surface area contributed by atoms with E-state index in [1.54, 1.807) is 43.3 Å². The number of nitrogens with one attached hydrogen (secondary N) is 1. The summed E-state index contributed by atoms with van der Waals surface area (Å²) in [4.78, 5) is 28.9. The summed E-state index contributed by atoms with van der Waals surface area (Å²) in [6, 6.07) is 20.1. The van der Waals surface area contributed by atoms with Crippen LogP contribution < -0.4 is 14.4 Å². The standard InChI is InChI=1S/C32H39N3O5S/c1-23-12-18-30(19-13-23)41(38,39)35(28-14-16-29(40-4)17-15-28)22-31(36)34(21-26-9-7-8-24(2)20-26)25(3)32(37)33-27-10-5-6-11-27/h7-9,12-20,25,27H,5-6,10-11,21-22H2,1-4H3,(H,33,37)/t25-/m0/s1. The van der Waals surface area contributed by atoms with Crippen molar-refractivity contribution in [1.82, 2.24) is 10.2 Å². The Morgan fingerprint density at radius 1 is 0.951 bits per heavy atom. The normalized spacial score (nSPS) is 14.3. The van der Waals surface area contributed by atoms with E-state index in [-0.39, 0.29) is 23.4 Å². The van der Waals surface area contributed by atoms with Crippen LogP contribution in [0.1, 0.15) is 49.3 Å². The first-order valence-electron chi connectivity index (χ1n) is 14.0. The zero-order chi connectivity index (χ0) is 29.6. The van der Waals surface area contributed by atoms with Crippen molar-refractivity contribution in [2.24, 2.45) is 0 Å². The molecule has 4 rings (SSSR count). The van der Waals surface area contributed by atoms with Gasteiger partial charge < -0.3 is 15.0 Å². The smallest absolute Gasteiger partial charge is 0.264 e. The van der Waals surface area contributed by atoms with Crippen molar-refractivity contribution >= 4 is 27.5 Å². The van der Waals surface area contributed by atoms with Crippen LogP contribution in [0.25, 0.3) is 0 Å². The van der Waals surface area contributed by atoms with Gasteiger partial charge in [-0.2, -0.15) is 0 Å². The number of amides is 2. The second-order valence-electron chi connectivity index (χ2n) is 10.7. The molecular weight excluding hydrogens is 538 g/mol. The number of rotatable bonds is 11. The Hall–Kier alpha value is -3.85. The molecule has 1 aliphatic rings. The molecule has 8 nitrogen and oxygen atoms in total. The van der Waals surface area contributed by atoms with E-state index in [2.05, 4.69) is 5.32 Å². The minimum atomic E-state index is -4.12. The summed E-state index contributed by atoms with van der Waals surface area (Å²) in [7, 11) is -2.59. The highest BCUT2D eigenvalue weighted by Crippen LogP contribution is 2.27. The van der Waals surface area contributed by atoms with E-state index in [0.717, 1.165) is 46.7 Å². The second-order valence-corrected chi connectivity index (χ2v) is 12.6. The fourth-order valence-corrected chi connectivity index (χ4v) is 6.51. The highest BCUT2D eigenvalue weighted by molar-refractivity contribution is 7.92. The van der Waals surface area contributed by atoms with Gasteiger partial charge in [-0.05, 0) is 75.6 Å². The van der Waals surface area contributed by atoms with E-state index in [9.17, 15) is 18.0 Å². The van der Waals surface area contributed by atoms with Crippen LogP contribution in [0.3, 0.4) is 0 Å². The number of aryl methyl sites for hydroxylation is 2. The number of methoxy groups -OCH3 is 1. The van der Waals surface area contributed by atoms with Gasteiger partial charge in [0.25, 0.3) is 10.0 Å². The lowest BCUT2D eigenvalue weighted by molar-refractivity contribution is -0.139. The molecule has 1 saturated carbocycles. The maximum Gasteiger partial charge on any atom is 0.264 e. The zero-order valence-corrected chi connectivity index (χ0v) is 25.0. The number of hydrogen-bond acceptors (Lipinski definition) is 5. The Morgan fingerprint density at radius 3 is 2.22 bits per heavy atom. The van der Waals surface area contributed by atoms with Gasteiger partial charge in [-0.1, -0.05) is 60.4 Å². The van der Waals surface area contributed by atoms with Crippen molar-refractivity contribution in [1.29, 1.82) is 0 Å². The van der Waals surface area contributed by atoms with Gasteiger partial charge in [0.15, 0.2) is 0 Å². The number of carbonyl (C=O) groups is 2. The molecule has 2 amide bonds. The third kappa shape index (κ3) is 7.47. The molecular formula is C32H39N3O5S. The minimum absolute atomic E-state index is 0.0731. The van der Waals surface area contributed by atoms with E-state index in [1.807, 2.05) is 38.1 Å². The summed E-state index contributed by atoms with van der Waals surface area (Å²) in [6.07, 6.45) is 3.98. The fourth-order valence-electron chi connectivity index (χ4n) is 5.10. The van der Waals surface area contributed by atoms with Crippen molar-refractivity contribution in [2.45, 2.75) is 70.0 Å². The average molecular weight is 578 g/mol. The van der Waals surface area contributed by atoms with Crippen LogP contribution in [0, 0.1) is 13.8 Å². The summed E-state index contributed by atoms with van der Waals surface area (Å²) in [5.74, 6) is -0.159. The number of nitrogens with zero attached hydrogens (tertiary/aromatic N) is 2. The van der Waals surface area contributed by atoms with Gasteiger partial charge in [0, 0.05) is 12.6 Å². The van der Waals surface area contributed by atoms with Gasteiger partial charge in [-0.3, -0.25) is 13.9 Å².